The number of likely N-dealkylation sites (N-methyl/N-ethyl adjacent to an activating group) is 1. The van der Waals surface area contributed by atoms with Gasteiger partial charge in [0.25, 0.3) is 0 Å². The zero-order valence-corrected chi connectivity index (χ0v) is 19.4. The maximum absolute atomic E-state index is 12.2. The van der Waals surface area contributed by atoms with Crippen molar-refractivity contribution in [3.63, 3.8) is 0 Å². The van der Waals surface area contributed by atoms with Gasteiger partial charge >= 0.3 is 11.9 Å². The normalized spacial score (nSPS) is 10.8. The molecule has 0 saturated heterocycles. The van der Waals surface area contributed by atoms with Crippen molar-refractivity contribution in [2.75, 3.05) is 38.7 Å². The fourth-order valence-electron chi connectivity index (χ4n) is 2.96. The molecule has 0 spiro atoms. The van der Waals surface area contributed by atoms with Gasteiger partial charge in [-0.3, -0.25) is 9.59 Å². The monoisotopic (exact) mass is 454 g/mol. The molecule has 0 radical (unpaired) electrons. The third-order valence-electron chi connectivity index (χ3n) is 4.79. The molecule has 1 N–H and O–H groups in total. The van der Waals surface area contributed by atoms with E-state index < -0.39 is 11.9 Å². The van der Waals surface area contributed by atoms with Gasteiger partial charge in [-0.05, 0) is 61.1 Å². The van der Waals surface area contributed by atoms with Crippen LogP contribution in [-0.2, 0) is 14.3 Å². The van der Waals surface area contributed by atoms with Crippen LogP contribution >= 0.6 is 0 Å². The highest BCUT2D eigenvalue weighted by molar-refractivity contribution is 6.02. The summed E-state index contributed by atoms with van der Waals surface area (Å²) in [6, 6.07) is 11.5. The van der Waals surface area contributed by atoms with Crippen LogP contribution in [0.15, 0.2) is 48.5 Å². The van der Waals surface area contributed by atoms with Gasteiger partial charge in [0.2, 0.25) is 5.91 Å². The topological polar surface area (TPSA) is 94.2 Å². The van der Waals surface area contributed by atoms with Crippen LogP contribution in [0, 0.1) is 0 Å². The summed E-state index contributed by atoms with van der Waals surface area (Å²) >= 11 is 0. The van der Waals surface area contributed by atoms with Crippen molar-refractivity contribution >= 4 is 29.6 Å². The van der Waals surface area contributed by atoms with E-state index in [1.54, 1.807) is 48.5 Å². The average molecular weight is 455 g/mol. The summed E-state index contributed by atoms with van der Waals surface area (Å²) in [6.45, 7) is 8.26. The molecule has 2 rings (SSSR count). The van der Waals surface area contributed by atoms with Gasteiger partial charge in [0, 0.05) is 25.2 Å². The summed E-state index contributed by atoms with van der Waals surface area (Å²) in [7, 11) is 1.47. The molecule has 0 heterocycles. The largest absolute Gasteiger partial charge is 0.493 e. The van der Waals surface area contributed by atoms with Crippen LogP contribution in [-0.4, -0.2) is 56.1 Å². The van der Waals surface area contributed by atoms with Crippen LogP contribution in [0.2, 0.25) is 0 Å². The van der Waals surface area contributed by atoms with Crippen LogP contribution in [0.5, 0.6) is 11.5 Å². The molecule has 0 aromatic heterocycles. The lowest BCUT2D eigenvalue weighted by atomic mass is 10.2. The molecule has 0 unspecified atom stereocenters. The number of carbonyl (C=O) groups excluding carboxylic acids is 3. The number of anilines is 1. The van der Waals surface area contributed by atoms with Gasteiger partial charge in [-0.25, -0.2) is 4.79 Å². The molecule has 0 bridgehead atoms. The van der Waals surface area contributed by atoms with Gasteiger partial charge in [0.05, 0.1) is 12.7 Å². The first-order valence-corrected chi connectivity index (χ1v) is 10.7. The van der Waals surface area contributed by atoms with Crippen molar-refractivity contribution in [2.24, 2.45) is 0 Å². The third-order valence-corrected chi connectivity index (χ3v) is 4.79. The molecule has 0 aliphatic heterocycles. The van der Waals surface area contributed by atoms with Crippen LogP contribution in [0.1, 0.15) is 36.7 Å². The number of rotatable bonds is 11. The highest BCUT2D eigenvalue weighted by Gasteiger charge is 2.09. The summed E-state index contributed by atoms with van der Waals surface area (Å²) in [4.78, 5) is 37.7. The van der Waals surface area contributed by atoms with Gasteiger partial charge in [-0.1, -0.05) is 19.9 Å². The minimum Gasteiger partial charge on any atom is -0.493 e. The summed E-state index contributed by atoms with van der Waals surface area (Å²) in [5, 5.41) is 2.73. The summed E-state index contributed by atoms with van der Waals surface area (Å²) in [5.41, 5.74) is 1.66. The zero-order chi connectivity index (χ0) is 24.2. The van der Waals surface area contributed by atoms with Gasteiger partial charge in [-0.2, -0.15) is 0 Å². The molecule has 2 aromatic rings. The molecule has 0 fully saturated rings. The zero-order valence-electron chi connectivity index (χ0n) is 19.4. The molecule has 0 aliphatic carbocycles. The number of ether oxygens (including phenoxy) is 3. The van der Waals surface area contributed by atoms with E-state index in [0.29, 0.717) is 41.5 Å². The van der Waals surface area contributed by atoms with Crippen molar-refractivity contribution in [1.82, 2.24) is 4.90 Å². The van der Waals surface area contributed by atoms with Gasteiger partial charge in [-0.15, -0.1) is 0 Å². The van der Waals surface area contributed by atoms with E-state index in [1.807, 2.05) is 0 Å². The molecule has 176 valence electrons. The lowest BCUT2D eigenvalue weighted by Gasteiger charge is -2.17. The summed E-state index contributed by atoms with van der Waals surface area (Å²) < 4.78 is 15.6. The summed E-state index contributed by atoms with van der Waals surface area (Å²) in [6.07, 6.45) is 2.98. The molecule has 8 nitrogen and oxygen atoms in total. The highest BCUT2D eigenvalue weighted by atomic mass is 16.6. The Morgan fingerprint density at radius 3 is 2.30 bits per heavy atom. The van der Waals surface area contributed by atoms with Crippen LogP contribution in [0.25, 0.3) is 6.08 Å². The van der Waals surface area contributed by atoms with Crippen molar-refractivity contribution < 1.29 is 28.6 Å². The molecule has 0 atom stereocenters. The average Bonchev–Trinajstić information content (AvgIpc) is 2.81. The fourth-order valence-corrected chi connectivity index (χ4v) is 2.96. The van der Waals surface area contributed by atoms with Crippen molar-refractivity contribution in [2.45, 2.75) is 20.8 Å². The van der Waals surface area contributed by atoms with E-state index in [1.165, 1.54) is 20.1 Å². The number of carbonyl (C=O) groups is 3. The predicted molar refractivity (Wildman–Crippen MR) is 126 cm³/mol. The number of hydrogen-bond donors (Lipinski definition) is 1. The van der Waals surface area contributed by atoms with E-state index in [4.69, 9.17) is 14.2 Å². The molecule has 2 aromatic carbocycles. The number of benzene rings is 2. The first-order chi connectivity index (χ1) is 15.9. The molecule has 1 amide bonds. The number of amides is 1. The Morgan fingerprint density at radius 1 is 1.00 bits per heavy atom. The van der Waals surface area contributed by atoms with Crippen LogP contribution < -0.4 is 14.8 Å². The van der Waals surface area contributed by atoms with E-state index in [2.05, 4.69) is 24.1 Å². The maximum atomic E-state index is 12.2. The van der Waals surface area contributed by atoms with E-state index in [9.17, 15) is 14.4 Å². The molecule has 8 heteroatoms. The second kappa shape index (κ2) is 13.0. The Labute approximate surface area is 194 Å². The second-order valence-corrected chi connectivity index (χ2v) is 7.07. The van der Waals surface area contributed by atoms with Crippen LogP contribution in [0.3, 0.4) is 0 Å². The Balaban J connectivity index is 1.90. The quantitative estimate of drug-likeness (QED) is 0.314. The molecular weight excluding hydrogens is 424 g/mol. The van der Waals surface area contributed by atoms with Crippen molar-refractivity contribution in [3.8, 4) is 11.5 Å². The minimum absolute atomic E-state index is 0.304. The Hall–Kier alpha value is -3.65. The SMILES string of the molecule is CCN(CC)CCOC(=O)c1ccc(NC(=O)/C=C/c2ccc(OC(C)=O)c(OC)c2)cc1. The predicted octanol–water partition coefficient (Wildman–Crippen LogP) is 3.77. The highest BCUT2D eigenvalue weighted by Crippen LogP contribution is 2.28. The van der Waals surface area contributed by atoms with Crippen molar-refractivity contribution in [1.29, 1.82) is 0 Å². The number of esters is 2. The standard InChI is InChI=1S/C25H30N2O6/c1-5-27(6-2)15-16-32-25(30)20-9-11-21(12-10-20)26-24(29)14-8-19-7-13-22(33-18(3)28)23(17-19)31-4/h7-14,17H,5-6,15-16H2,1-4H3,(H,26,29)/b14-8+. The van der Waals surface area contributed by atoms with E-state index >= 15 is 0 Å². The Bertz CT molecular complexity index is 981. The van der Waals surface area contributed by atoms with E-state index in [0.717, 1.165) is 13.1 Å². The first kappa shape index (κ1) is 25.6. The minimum atomic E-state index is -0.449. The van der Waals surface area contributed by atoms with E-state index in [-0.39, 0.29) is 5.91 Å². The number of nitrogens with zero attached hydrogens (tertiary/aromatic N) is 1. The maximum Gasteiger partial charge on any atom is 0.338 e. The lowest BCUT2D eigenvalue weighted by Crippen LogP contribution is -2.27. The Kier molecular flexibility index (Phi) is 10.1. The lowest BCUT2D eigenvalue weighted by molar-refractivity contribution is -0.132. The second-order valence-electron chi connectivity index (χ2n) is 7.07. The fraction of sp³-hybridized carbons (Fsp3) is 0.320. The number of methoxy groups -OCH3 is 1. The van der Waals surface area contributed by atoms with Gasteiger partial charge in [0.15, 0.2) is 11.5 Å². The molecule has 33 heavy (non-hydrogen) atoms. The molecule has 0 saturated carbocycles. The van der Waals surface area contributed by atoms with Crippen molar-refractivity contribution in [3.05, 3.63) is 59.7 Å². The van der Waals surface area contributed by atoms with Crippen LogP contribution in [0.4, 0.5) is 5.69 Å². The smallest absolute Gasteiger partial charge is 0.338 e. The Morgan fingerprint density at radius 2 is 1.70 bits per heavy atom. The number of hydrogen-bond acceptors (Lipinski definition) is 7. The molecular formula is C25H30N2O6. The first-order valence-electron chi connectivity index (χ1n) is 10.7. The summed E-state index contributed by atoms with van der Waals surface area (Å²) in [5.74, 6) is -0.501. The van der Waals surface area contributed by atoms with Gasteiger partial charge in [0.1, 0.15) is 6.61 Å². The third kappa shape index (κ3) is 8.42. The molecule has 0 aliphatic rings. The number of nitrogens with one attached hydrogen (secondary N) is 1. The van der Waals surface area contributed by atoms with Gasteiger partial charge < -0.3 is 24.4 Å².